The van der Waals surface area contributed by atoms with E-state index in [0.717, 1.165) is 5.56 Å². The summed E-state index contributed by atoms with van der Waals surface area (Å²) in [5, 5.41) is 0. The second-order valence-electron chi connectivity index (χ2n) is 2.90. The van der Waals surface area contributed by atoms with Crippen molar-refractivity contribution in [1.29, 1.82) is 0 Å². The van der Waals surface area contributed by atoms with Crippen molar-refractivity contribution >= 4 is 0 Å². The maximum Gasteiger partial charge on any atom is -0.0219 e. The zero-order valence-electron chi connectivity index (χ0n) is 6.59. The smallest absolute Gasteiger partial charge is 0.0219 e. The second kappa shape index (κ2) is 2.87. The molecule has 1 aromatic carbocycles. The van der Waals surface area contributed by atoms with E-state index in [-0.39, 0.29) is 0 Å². The van der Waals surface area contributed by atoms with Crippen LogP contribution < -0.4 is 0 Å². The first kappa shape index (κ1) is 7.33. The van der Waals surface area contributed by atoms with Crippen LogP contribution in [0.5, 0.6) is 0 Å². The van der Waals surface area contributed by atoms with E-state index in [2.05, 4.69) is 39.0 Å². The molecule has 0 aliphatic rings. The largest absolute Gasteiger partial charge is 0.0617 e. The van der Waals surface area contributed by atoms with Gasteiger partial charge in [-0.1, -0.05) is 38.1 Å². The van der Waals surface area contributed by atoms with Gasteiger partial charge in [-0.2, -0.15) is 0 Å². The molecule has 0 aliphatic heterocycles. The third-order valence-corrected chi connectivity index (χ3v) is 1.62. The monoisotopic (exact) mass is 133 g/mol. The van der Waals surface area contributed by atoms with Crippen LogP contribution in [0.3, 0.4) is 0 Å². The molecule has 0 aliphatic carbocycles. The van der Waals surface area contributed by atoms with Gasteiger partial charge in [-0.05, 0) is 24.0 Å². The van der Waals surface area contributed by atoms with E-state index < -0.39 is 0 Å². The van der Waals surface area contributed by atoms with Crippen molar-refractivity contribution in [1.82, 2.24) is 0 Å². The summed E-state index contributed by atoms with van der Waals surface area (Å²) < 4.78 is 0. The number of rotatable bonds is 1. The summed E-state index contributed by atoms with van der Waals surface area (Å²) in [4.78, 5) is 0. The Morgan fingerprint density at radius 1 is 1.30 bits per heavy atom. The van der Waals surface area contributed by atoms with Gasteiger partial charge in [0.1, 0.15) is 0 Å². The second-order valence-corrected chi connectivity index (χ2v) is 2.90. The van der Waals surface area contributed by atoms with E-state index >= 15 is 0 Å². The average molecular weight is 133 g/mol. The van der Waals surface area contributed by atoms with Gasteiger partial charge >= 0.3 is 0 Å². The van der Waals surface area contributed by atoms with Gasteiger partial charge in [0.25, 0.3) is 0 Å². The Balaban J connectivity index is 2.96. The molecule has 0 saturated heterocycles. The van der Waals surface area contributed by atoms with E-state index in [9.17, 15) is 0 Å². The standard InChI is InChI=1S/C10H13/c1-8(2)10-6-4-5-9(3)7-10/h4-8H,3H2,1-2H3. The summed E-state index contributed by atoms with van der Waals surface area (Å²) in [5.74, 6) is 0.613. The van der Waals surface area contributed by atoms with Crippen molar-refractivity contribution in [3.63, 3.8) is 0 Å². The molecule has 0 aromatic heterocycles. The Labute approximate surface area is 62.9 Å². The molecule has 0 heteroatoms. The Bertz CT molecular complexity index is 211. The summed E-state index contributed by atoms with van der Waals surface area (Å²) in [6, 6.07) is 8.34. The van der Waals surface area contributed by atoms with E-state index in [0.29, 0.717) is 5.92 Å². The molecule has 1 radical (unpaired) electrons. The van der Waals surface area contributed by atoms with Crippen LogP contribution in [0.4, 0.5) is 0 Å². The van der Waals surface area contributed by atoms with Crippen molar-refractivity contribution in [3.8, 4) is 0 Å². The SMILES string of the molecule is [CH2]c1cccc(C(C)C)c1. The molecule has 0 N–H and O–H groups in total. The summed E-state index contributed by atoms with van der Waals surface area (Å²) in [6.07, 6.45) is 0. The number of benzene rings is 1. The van der Waals surface area contributed by atoms with E-state index in [1.54, 1.807) is 0 Å². The third kappa shape index (κ3) is 1.60. The fourth-order valence-electron chi connectivity index (χ4n) is 0.952. The molecular formula is C10H13. The predicted molar refractivity (Wildman–Crippen MR) is 45.0 cm³/mol. The van der Waals surface area contributed by atoms with Crippen molar-refractivity contribution < 1.29 is 0 Å². The average Bonchev–Trinajstić information content (AvgIpc) is 1.88. The van der Waals surface area contributed by atoms with Gasteiger partial charge in [0.05, 0.1) is 0 Å². The van der Waals surface area contributed by atoms with Gasteiger partial charge in [-0.25, -0.2) is 0 Å². The molecular weight excluding hydrogens is 120 g/mol. The topological polar surface area (TPSA) is 0 Å². The molecule has 0 nitrogen and oxygen atoms in total. The first-order valence-electron chi connectivity index (χ1n) is 3.62. The highest BCUT2D eigenvalue weighted by atomic mass is 14.0. The lowest BCUT2D eigenvalue weighted by atomic mass is 10.0. The number of hydrogen-bond donors (Lipinski definition) is 0. The molecule has 53 valence electrons. The molecule has 0 amide bonds. The molecule has 10 heavy (non-hydrogen) atoms. The Morgan fingerprint density at radius 3 is 2.40 bits per heavy atom. The molecule has 1 rings (SSSR count). The van der Waals surface area contributed by atoms with Crippen LogP contribution in [0.1, 0.15) is 30.9 Å². The van der Waals surface area contributed by atoms with Crippen molar-refractivity contribution in [2.45, 2.75) is 19.8 Å². The van der Waals surface area contributed by atoms with Crippen LogP contribution in [-0.2, 0) is 0 Å². The minimum absolute atomic E-state index is 0.613. The highest BCUT2D eigenvalue weighted by Crippen LogP contribution is 2.14. The molecule has 0 heterocycles. The van der Waals surface area contributed by atoms with Crippen molar-refractivity contribution in [2.24, 2.45) is 0 Å². The third-order valence-electron chi connectivity index (χ3n) is 1.62. The lowest BCUT2D eigenvalue weighted by Crippen LogP contribution is -1.86. The maximum absolute atomic E-state index is 3.86. The van der Waals surface area contributed by atoms with E-state index in [4.69, 9.17) is 0 Å². The molecule has 0 unspecified atom stereocenters. The molecule has 0 fully saturated rings. The molecule has 0 bridgehead atoms. The van der Waals surface area contributed by atoms with Crippen LogP contribution in [0.25, 0.3) is 0 Å². The zero-order chi connectivity index (χ0) is 7.56. The quantitative estimate of drug-likeness (QED) is 0.552. The Kier molecular flexibility index (Phi) is 2.10. The highest BCUT2D eigenvalue weighted by Gasteiger charge is 1.96. The van der Waals surface area contributed by atoms with Gasteiger partial charge in [0.2, 0.25) is 0 Å². The Morgan fingerprint density at radius 2 is 2.00 bits per heavy atom. The highest BCUT2D eigenvalue weighted by molar-refractivity contribution is 5.27. The fourth-order valence-corrected chi connectivity index (χ4v) is 0.952. The molecule has 0 saturated carbocycles. The fraction of sp³-hybridized carbons (Fsp3) is 0.300. The van der Waals surface area contributed by atoms with Gasteiger partial charge < -0.3 is 0 Å². The lowest BCUT2D eigenvalue weighted by molar-refractivity contribution is 0.866. The normalized spacial score (nSPS) is 10.4. The number of hydrogen-bond acceptors (Lipinski definition) is 0. The van der Waals surface area contributed by atoms with Crippen LogP contribution in [0.2, 0.25) is 0 Å². The van der Waals surface area contributed by atoms with E-state index in [1.165, 1.54) is 5.56 Å². The first-order chi connectivity index (χ1) is 4.70. The van der Waals surface area contributed by atoms with Gasteiger partial charge in [0.15, 0.2) is 0 Å². The predicted octanol–water partition coefficient (Wildman–Crippen LogP) is 2.99. The maximum atomic E-state index is 3.86. The Hall–Kier alpha value is -0.780. The molecule has 0 spiro atoms. The van der Waals surface area contributed by atoms with E-state index in [1.807, 2.05) is 6.07 Å². The van der Waals surface area contributed by atoms with Crippen molar-refractivity contribution in [2.75, 3.05) is 0 Å². The minimum Gasteiger partial charge on any atom is -0.0617 e. The minimum atomic E-state index is 0.613. The van der Waals surface area contributed by atoms with Gasteiger partial charge in [-0.15, -0.1) is 0 Å². The summed E-state index contributed by atoms with van der Waals surface area (Å²) in [5.41, 5.74) is 2.47. The molecule has 1 aromatic rings. The summed E-state index contributed by atoms with van der Waals surface area (Å²) >= 11 is 0. The first-order valence-corrected chi connectivity index (χ1v) is 3.62. The van der Waals surface area contributed by atoms with Crippen LogP contribution >= 0.6 is 0 Å². The van der Waals surface area contributed by atoms with Crippen LogP contribution in [-0.4, -0.2) is 0 Å². The molecule has 0 atom stereocenters. The van der Waals surface area contributed by atoms with Gasteiger partial charge in [-0.3, -0.25) is 0 Å². The lowest BCUT2D eigenvalue weighted by Gasteiger charge is -2.04. The van der Waals surface area contributed by atoms with Crippen molar-refractivity contribution in [3.05, 3.63) is 42.3 Å². The van der Waals surface area contributed by atoms with Crippen LogP contribution in [0.15, 0.2) is 24.3 Å². The van der Waals surface area contributed by atoms with Gasteiger partial charge in [0, 0.05) is 0 Å². The van der Waals surface area contributed by atoms with Crippen LogP contribution in [0, 0.1) is 6.92 Å². The summed E-state index contributed by atoms with van der Waals surface area (Å²) in [6.45, 7) is 8.24. The zero-order valence-corrected chi connectivity index (χ0v) is 6.59. The summed E-state index contributed by atoms with van der Waals surface area (Å²) in [7, 11) is 0.